The Kier molecular flexibility index (Phi) is 3.84. The molecule has 3 rings (SSSR count). The van der Waals surface area contributed by atoms with E-state index in [0.29, 0.717) is 16.6 Å². The van der Waals surface area contributed by atoms with Crippen molar-refractivity contribution < 1.29 is 9.90 Å². The van der Waals surface area contributed by atoms with Gasteiger partial charge in [-0.2, -0.15) is 5.10 Å². The summed E-state index contributed by atoms with van der Waals surface area (Å²) in [7, 11) is 0. The highest BCUT2D eigenvalue weighted by atomic mass is 16.3. The Bertz CT molecular complexity index is 948. The molecule has 2 aromatic heterocycles. The van der Waals surface area contributed by atoms with E-state index in [0.717, 1.165) is 0 Å². The van der Waals surface area contributed by atoms with Crippen LogP contribution in [-0.2, 0) is 0 Å². The number of hydrogen-bond acceptors (Lipinski definition) is 5. The van der Waals surface area contributed by atoms with E-state index in [4.69, 9.17) is 0 Å². The molecule has 114 valence electrons. The summed E-state index contributed by atoms with van der Waals surface area (Å²) in [5.74, 6) is -1.18. The van der Waals surface area contributed by atoms with E-state index in [9.17, 15) is 14.7 Å². The number of hydrogen-bond donors (Lipinski definition) is 3. The van der Waals surface area contributed by atoms with E-state index in [1.54, 1.807) is 48.7 Å². The van der Waals surface area contributed by atoms with E-state index in [2.05, 4.69) is 20.5 Å². The van der Waals surface area contributed by atoms with Gasteiger partial charge in [0.15, 0.2) is 0 Å². The second-order valence-corrected chi connectivity index (χ2v) is 4.68. The molecule has 1 amide bonds. The van der Waals surface area contributed by atoms with Crippen LogP contribution in [0.5, 0.6) is 5.75 Å². The summed E-state index contributed by atoms with van der Waals surface area (Å²) < 4.78 is 0. The first-order valence-corrected chi connectivity index (χ1v) is 6.75. The number of H-pyrrole nitrogens is 1. The van der Waals surface area contributed by atoms with Crippen LogP contribution in [0.4, 0.5) is 0 Å². The molecule has 0 saturated heterocycles. The monoisotopic (exact) mass is 308 g/mol. The van der Waals surface area contributed by atoms with E-state index in [1.807, 2.05) is 0 Å². The van der Waals surface area contributed by atoms with Crippen LogP contribution < -0.4 is 11.0 Å². The lowest BCUT2D eigenvalue weighted by Gasteiger charge is -2.05. The first-order chi connectivity index (χ1) is 11.2. The van der Waals surface area contributed by atoms with Gasteiger partial charge in [0.1, 0.15) is 11.3 Å². The van der Waals surface area contributed by atoms with Gasteiger partial charge in [-0.3, -0.25) is 14.6 Å². The Morgan fingerprint density at radius 3 is 2.78 bits per heavy atom. The first kappa shape index (κ1) is 14.5. The average molecular weight is 308 g/mol. The molecule has 0 atom stereocenters. The molecular weight excluding hydrogens is 296 g/mol. The number of hydrazone groups is 1. The number of carbonyl (C=O) groups excluding carboxylic acids is 1. The summed E-state index contributed by atoms with van der Waals surface area (Å²) in [5, 5.41) is 14.3. The summed E-state index contributed by atoms with van der Waals surface area (Å²) in [6.07, 6.45) is 2.92. The van der Waals surface area contributed by atoms with Gasteiger partial charge in [0.25, 0.3) is 11.5 Å². The molecule has 1 aromatic carbocycles. The molecule has 0 bridgehead atoms. The fourth-order valence-corrected chi connectivity index (χ4v) is 2.10. The maximum absolute atomic E-state index is 12.1. The van der Waals surface area contributed by atoms with E-state index < -0.39 is 11.5 Å². The molecular formula is C16H12N4O3. The van der Waals surface area contributed by atoms with Crippen molar-refractivity contribution in [3.05, 3.63) is 70.3 Å². The van der Waals surface area contributed by atoms with Crippen molar-refractivity contribution >= 4 is 23.0 Å². The first-order valence-electron chi connectivity index (χ1n) is 6.75. The number of nitrogens with zero attached hydrogens (tertiary/aromatic N) is 2. The van der Waals surface area contributed by atoms with Crippen LogP contribution in [-0.4, -0.2) is 27.2 Å². The highest BCUT2D eigenvalue weighted by molar-refractivity contribution is 6.02. The van der Waals surface area contributed by atoms with Crippen LogP contribution in [0.25, 0.3) is 10.9 Å². The zero-order valence-electron chi connectivity index (χ0n) is 11.9. The van der Waals surface area contributed by atoms with Gasteiger partial charge < -0.3 is 10.1 Å². The number of aromatic nitrogens is 2. The number of para-hydroxylation sites is 1. The molecule has 0 aliphatic heterocycles. The van der Waals surface area contributed by atoms with Crippen molar-refractivity contribution in [3.8, 4) is 5.75 Å². The predicted molar refractivity (Wildman–Crippen MR) is 85.5 cm³/mol. The molecule has 3 aromatic rings. The molecule has 2 heterocycles. The highest BCUT2D eigenvalue weighted by Gasteiger charge is 2.18. The molecule has 0 fully saturated rings. The number of rotatable bonds is 3. The van der Waals surface area contributed by atoms with E-state index >= 15 is 0 Å². The smallest absolute Gasteiger partial charge is 0.280 e. The molecule has 7 heteroatoms. The van der Waals surface area contributed by atoms with Gasteiger partial charge in [-0.05, 0) is 24.3 Å². The van der Waals surface area contributed by atoms with Crippen LogP contribution in [0, 0.1) is 0 Å². The lowest BCUT2D eigenvalue weighted by molar-refractivity contribution is 0.0951. The minimum atomic E-state index is -0.804. The topological polar surface area (TPSA) is 107 Å². The van der Waals surface area contributed by atoms with Crippen molar-refractivity contribution in [2.75, 3.05) is 0 Å². The largest absolute Gasteiger partial charge is 0.506 e. The molecule has 0 saturated carbocycles. The standard InChI is InChI=1S/C16H12N4O3/c21-14-11-6-1-2-7-12(11)19-15(22)13(14)16(23)20-18-9-10-5-3-4-8-17-10/h1-9H,(H,20,23)(H2,19,21,22)/b18-9+. The number of pyridine rings is 2. The van der Waals surface area contributed by atoms with Crippen molar-refractivity contribution in [1.82, 2.24) is 15.4 Å². The Morgan fingerprint density at radius 1 is 1.22 bits per heavy atom. The molecule has 0 unspecified atom stereocenters. The number of benzene rings is 1. The van der Waals surface area contributed by atoms with Crippen LogP contribution in [0.15, 0.2) is 58.6 Å². The van der Waals surface area contributed by atoms with Crippen LogP contribution in [0.2, 0.25) is 0 Å². The summed E-state index contributed by atoms with van der Waals surface area (Å²) in [5.41, 5.74) is 2.12. The van der Waals surface area contributed by atoms with Gasteiger partial charge in [-0.25, -0.2) is 5.43 Å². The van der Waals surface area contributed by atoms with Crippen LogP contribution in [0.3, 0.4) is 0 Å². The van der Waals surface area contributed by atoms with Gasteiger partial charge in [0, 0.05) is 11.6 Å². The fourth-order valence-electron chi connectivity index (χ4n) is 2.10. The van der Waals surface area contributed by atoms with Gasteiger partial charge >= 0.3 is 0 Å². The number of aromatic hydroxyl groups is 1. The second-order valence-electron chi connectivity index (χ2n) is 4.68. The summed E-state index contributed by atoms with van der Waals surface area (Å²) in [6.45, 7) is 0. The quantitative estimate of drug-likeness (QED) is 0.502. The fraction of sp³-hybridized carbons (Fsp3) is 0. The molecule has 0 spiro atoms. The van der Waals surface area contributed by atoms with Crippen molar-refractivity contribution in [3.63, 3.8) is 0 Å². The lowest BCUT2D eigenvalue weighted by Crippen LogP contribution is -2.26. The third-order valence-electron chi connectivity index (χ3n) is 3.17. The Labute approximate surface area is 130 Å². The molecule has 7 nitrogen and oxygen atoms in total. The lowest BCUT2D eigenvalue weighted by atomic mass is 10.1. The Morgan fingerprint density at radius 2 is 2.00 bits per heavy atom. The van der Waals surface area contributed by atoms with E-state index in [-0.39, 0.29) is 11.3 Å². The average Bonchev–Trinajstić information content (AvgIpc) is 2.56. The van der Waals surface area contributed by atoms with Gasteiger partial charge in [0.2, 0.25) is 0 Å². The minimum absolute atomic E-state index is 0.380. The van der Waals surface area contributed by atoms with Crippen molar-refractivity contribution in [2.45, 2.75) is 0 Å². The minimum Gasteiger partial charge on any atom is -0.506 e. The second kappa shape index (κ2) is 6.10. The summed E-state index contributed by atoms with van der Waals surface area (Å²) >= 11 is 0. The van der Waals surface area contributed by atoms with Gasteiger partial charge in [0.05, 0.1) is 17.4 Å². The van der Waals surface area contributed by atoms with Crippen LogP contribution in [0.1, 0.15) is 16.1 Å². The summed E-state index contributed by atoms with van der Waals surface area (Å²) in [6, 6.07) is 11.9. The SMILES string of the molecule is O=C(N/N=C/c1ccccn1)c1c(O)c2ccccc2[nH]c1=O. The molecule has 0 aliphatic rings. The molecule has 23 heavy (non-hydrogen) atoms. The highest BCUT2D eigenvalue weighted by Crippen LogP contribution is 2.24. The number of amides is 1. The third-order valence-corrected chi connectivity index (χ3v) is 3.17. The van der Waals surface area contributed by atoms with Gasteiger partial charge in [-0.15, -0.1) is 0 Å². The Hall–Kier alpha value is -3.48. The van der Waals surface area contributed by atoms with E-state index in [1.165, 1.54) is 6.21 Å². The zero-order valence-corrected chi connectivity index (χ0v) is 11.9. The zero-order chi connectivity index (χ0) is 16.2. The maximum atomic E-state index is 12.1. The summed E-state index contributed by atoms with van der Waals surface area (Å²) in [4.78, 5) is 30.6. The van der Waals surface area contributed by atoms with Crippen LogP contribution >= 0.6 is 0 Å². The maximum Gasteiger partial charge on any atom is 0.280 e. The van der Waals surface area contributed by atoms with Gasteiger partial charge in [-0.1, -0.05) is 18.2 Å². The van der Waals surface area contributed by atoms with Crippen molar-refractivity contribution in [1.29, 1.82) is 0 Å². The molecule has 0 aliphatic carbocycles. The Balaban J connectivity index is 1.89. The molecule has 0 radical (unpaired) electrons. The number of carbonyl (C=O) groups is 1. The third kappa shape index (κ3) is 2.93. The number of aromatic amines is 1. The molecule has 3 N–H and O–H groups in total. The van der Waals surface area contributed by atoms with Crippen molar-refractivity contribution in [2.24, 2.45) is 5.10 Å². The number of fused-ring (bicyclic) bond motifs is 1. The predicted octanol–water partition coefficient (Wildman–Crippen LogP) is 1.39. The number of nitrogens with one attached hydrogen (secondary N) is 2. The normalized spacial score (nSPS) is 11.0.